The summed E-state index contributed by atoms with van der Waals surface area (Å²) in [7, 11) is -8.18. The van der Waals surface area contributed by atoms with Crippen LogP contribution in [-0.4, -0.2) is 47.5 Å². The zero-order valence-electron chi connectivity index (χ0n) is 15.7. The highest BCUT2D eigenvalue weighted by molar-refractivity contribution is 7.93. The third kappa shape index (κ3) is 3.59. The second-order valence-corrected chi connectivity index (χ2v) is 10.4. The molecule has 0 bridgehead atoms. The standard InChI is InChI=1S/C18H17N3O7S2/c1-11(18(22)21-12-2-5-15-16(8-12)28-7-6-27-15)29(23,24)13-3-4-14-17(9-13)30(25,26)20-10-19-14/h2-5,8-11H,6-7H2,1H3,(H,19,20)(H,21,22). The molecule has 12 heteroatoms. The number of carbonyl (C=O) groups is 1. The second-order valence-electron chi connectivity index (χ2n) is 6.55. The molecule has 0 spiro atoms. The van der Waals surface area contributed by atoms with Crippen molar-refractivity contribution in [3.63, 3.8) is 0 Å². The summed E-state index contributed by atoms with van der Waals surface area (Å²) in [5.74, 6) is 0.206. The lowest BCUT2D eigenvalue weighted by atomic mass is 10.2. The van der Waals surface area contributed by atoms with E-state index in [0.29, 0.717) is 30.4 Å². The summed E-state index contributed by atoms with van der Waals surface area (Å²) in [6.45, 7) is 2.02. The smallest absolute Gasteiger partial charge is 0.285 e. The highest BCUT2D eigenvalue weighted by atomic mass is 32.2. The van der Waals surface area contributed by atoms with Crippen molar-refractivity contribution in [1.29, 1.82) is 0 Å². The van der Waals surface area contributed by atoms with Gasteiger partial charge in [-0.1, -0.05) is 0 Å². The van der Waals surface area contributed by atoms with E-state index in [1.54, 1.807) is 18.2 Å². The van der Waals surface area contributed by atoms with Gasteiger partial charge >= 0.3 is 0 Å². The number of benzene rings is 2. The molecule has 2 aliphatic rings. The number of fused-ring (bicyclic) bond motifs is 2. The lowest BCUT2D eigenvalue weighted by molar-refractivity contribution is -0.115. The Hall–Kier alpha value is -3.12. The molecule has 0 aliphatic carbocycles. The lowest BCUT2D eigenvalue weighted by Crippen LogP contribution is -2.32. The predicted molar refractivity (Wildman–Crippen MR) is 108 cm³/mol. The quantitative estimate of drug-likeness (QED) is 0.711. The summed E-state index contributed by atoms with van der Waals surface area (Å²) in [4.78, 5) is 12.0. The van der Waals surface area contributed by atoms with Gasteiger partial charge in [0.25, 0.3) is 10.0 Å². The van der Waals surface area contributed by atoms with E-state index >= 15 is 0 Å². The van der Waals surface area contributed by atoms with Crippen LogP contribution in [0.2, 0.25) is 0 Å². The fourth-order valence-corrected chi connectivity index (χ4v) is 5.29. The molecule has 0 fully saturated rings. The van der Waals surface area contributed by atoms with Gasteiger partial charge in [-0.25, -0.2) is 8.42 Å². The zero-order valence-corrected chi connectivity index (χ0v) is 17.3. The highest BCUT2D eigenvalue weighted by Gasteiger charge is 2.32. The van der Waals surface area contributed by atoms with Gasteiger partial charge in [0.15, 0.2) is 21.3 Å². The number of nitrogens with one attached hydrogen (secondary N) is 2. The van der Waals surface area contributed by atoms with Crippen molar-refractivity contribution in [2.75, 3.05) is 23.8 Å². The minimum Gasteiger partial charge on any atom is -0.486 e. The molecule has 2 heterocycles. The van der Waals surface area contributed by atoms with E-state index in [1.807, 2.05) is 0 Å². The van der Waals surface area contributed by atoms with Crippen molar-refractivity contribution < 1.29 is 31.1 Å². The number of rotatable bonds is 4. The van der Waals surface area contributed by atoms with Crippen molar-refractivity contribution in [3.05, 3.63) is 36.4 Å². The molecule has 30 heavy (non-hydrogen) atoms. The average molecular weight is 451 g/mol. The van der Waals surface area contributed by atoms with E-state index in [2.05, 4.69) is 15.0 Å². The number of carbonyl (C=O) groups excluding carboxylic acids is 1. The maximum atomic E-state index is 12.9. The number of ether oxygens (including phenoxy) is 2. The van der Waals surface area contributed by atoms with Crippen LogP contribution in [0.15, 0.2) is 50.6 Å². The van der Waals surface area contributed by atoms with E-state index in [9.17, 15) is 21.6 Å². The third-order valence-electron chi connectivity index (χ3n) is 4.62. The van der Waals surface area contributed by atoms with Gasteiger partial charge in [-0.15, -0.1) is 4.40 Å². The summed E-state index contributed by atoms with van der Waals surface area (Å²) in [6.07, 6.45) is 1.01. The van der Waals surface area contributed by atoms with Crippen LogP contribution in [0.1, 0.15) is 6.92 Å². The molecule has 2 aromatic carbocycles. The summed E-state index contributed by atoms with van der Waals surface area (Å²) in [5.41, 5.74) is 0.551. The van der Waals surface area contributed by atoms with E-state index < -0.39 is 31.0 Å². The van der Waals surface area contributed by atoms with Crippen LogP contribution in [-0.2, 0) is 24.7 Å². The Morgan fingerprint density at radius 2 is 1.87 bits per heavy atom. The molecule has 2 aliphatic heterocycles. The lowest BCUT2D eigenvalue weighted by Gasteiger charge is -2.20. The first kappa shape index (κ1) is 20.2. The summed E-state index contributed by atoms with van der Waals surface area (Å²) >= 11 is 0. The molecule has 2 N–H and O–H groups in total. The average Bonchev–Trinajstić information content (AvgIpc) is 2.72. The number of sulfonamides is 1. The van der Waals surface area contributed by atoms with E-state index in [-0.39, 0.29) is 15.5 Å². The van der Waals surface area contributed by atoms with Crippen molar-refractivity contribution in [1.82, 2.24) is 0 Å². The van der Waals surface area contributed by atoms with Crippen molar-refractivity contribution in [2.45, 2.75) is 22.0 Å². The first-order valence-corrected chi connectivity index (χ1v) is 11.8. The summed E-state index contributed by atoms with van der Waals surface area (Å²) in [5, 5.41) is 3.70. The minimum atomic E-state index is -4.17. The molecule has 1 unspecified atom stereocenters. The van der Waals surface area contributed by atoms with Crippen LogP contribution in [0.3, 0.4) is 0 Å². The van der Waals surface area contributed by atoms with Gasteiger partial charge in [-0.3, -0.25) is 4.79 Å². The molecule has 1 atom stereocenters. The topological polar surface area (TPSA) is 140 Å². The Morgan fingerprint density at radius 1 is 1.13 bits per heavy atom. The molecule has 10 nitrogen and oxygen atoms in total. The Labute approximate surface area is 172 Å². The molecular weight excluding hydrogens is 434 g/mol. The SMILES string of the molecule is CC(C(=O)Nc1ccc2c(c1)OCCO2)S(=O)(=O)c1ccc2c(c1)S(=O)(=O)N=CN2. The third-order valence-corrected chi connectivity index (χ3v) is 7.95. The van der Waals surface area contributed by atoms with Gasteiger partial charge in [0.05, 0.1) is 10.6 Å². The Kier molecular flexibility index (Phi) is 4.90. The van der Waals surface area contributed by atoms with Crippen LogP contribution >= 0.6 is 0 Å². The van der Waals surface area contributed by atoms with E-state index in [4.69, 9.17) is 9.47 Å². The Morgan fingerprint density at radius 3 is 2.63 bits per heavy atom. The van der Waals surface area contributed by atoms with Gasteiger partial charge in [0.1, 0.15) is 29.7 Å². The van der Waals surface area contributed by atoms with Gasteiger partial charge < -0.3 is 20.1 Å². The zero-order chi connectivity index (χ0) is 21.5. The van der Waals surface area contributed by atoms with Crippen LogP contribution in [0, 0.1) is 0 Å². The predicted octanol–water partition coefficient (Wildman–Crippen LogP) is 1.40. The van der Waals surface area contributed by atoms with Crippen LogP contribution < -0.4 is 20.1 Å². The van der Waals surface area contributed by atoms with Crippen molar-refractivity contribution in [2.24, 2.45) is 4.40 Å². The van der Waals surface area contributed by atoms with Gasteiger partial charge in [0.2, 0.25) is 5.91 Å². The Bertz CT molecular complexity index is 1270. The summed E-state index contributed by atoms with van der Waals surface area (Å²) in [6, 6.07) is 8.28. The molecule has 4 rings (SSSR count). The number of hydrogen-bond acceptors (Lipinski definition) is 8. The number of amides is 1. The maximum absolute atomic E-state index is 12.9. The molecule has 158 valence electrons. The molecule has 0 saturated carbocycles. The second kappa shape index (κ2) is 7.29. The molecule has 0 aromatic heterocycles. The molecule has 2 aromatic rings. The van der Waals surface area contributed by atoms with Crippen molar-refractivity contribution >= 4 is 43.5 Å². The summed E-state index contributed by atoms with van der Waals surface area (Å²) < 4.78 is 64.2. The van der Waals surface area contributed by atoms with E-state index in [1.165, 1.54) is 19.1 Å². The molecular formula is C18H17N3O7S2. The molecule has 0 saturated heterocycles. The number of nitrogens with zero attached hydrogens (tertiary/aromatic N) is 1. The van der Waals surface area contributed by atoms with Crippen molar-refractivity contribution in [3.8, 4) is 11.5 Å². The minimum absolute atomic E-state index is 0.206. The normalized spacial score (nSPS) is 17.4. The largest absolute Gasteiger partial charge is 0.486 e. The highest BCUT2D eigenvalue weighted by Crippen LogP contribution is 2.33. The molecule has 0 radical (unpaired) electrons. The number of anilines is 2. The van der Waals surface area contributed by atoms with Crippen LogP contribution in [0.5, 0.6) is 11.5 Å². The Balaban J connectivity index is 1.58. The van der Waals surface area contributed by atoms with Crippen LogP contribution in [0.4, 0.5) is 11.4 Å². The van der Waals surface area contributed by atoms with Gasteiger partial charge in [-0.2, -0.15) is 8.42 Å². The van der Waals surface area contributed by atoms with Gasteiger partial charge in [0, 0.05) is 11.8 Å². The monoisotopic (exact) mass is 451 g/mol. The van der Waals surface area contributed by atoms with Gasteiger partial charge in [-0.05, 0) is 37.3 Å². The molecule has 1 amide bonds. The first-order chi connectivity index (χ1) is 14.2. The fraction of sp³-hybridized carbons (Fsp3) is 0.222. The number of hydrogen-bond donors (Lipinski definition) is 2. The maximum Gasteiger partial charge on any atom is 0.285 e. The first-order valence-electron chi connectivity index (χ1n) is 8.82. The van der Waals surface area contributed by atoms with Crippen LogP contribution in [0.25, 0.3) is 0 Å². The van der Waals surface area contributed by atoms with E-state index in [0.717, 1.165) is 12.4 Å². The fourth-order valence-electron chi connectivity index (χ4n) is 2.94. The number of sulfone groups is 1.